The maximum absolute atomic E-state index is 10.6. The maximum Gasteiger partial charge on any atom is 0.167 e. The zero-order chi connectivity index (χ0) is 13.0. The molecule has 18 heavy (non-hydrogen) atoms. The first-order valence-electron chi connectivity index (χ1n) is 5.33. The number of H-pyrrole nitrogens is 1. The maximum atomic E-state index is 10.6. The molecule has 0 saturated heterocycles. The van der Waals surface area contributed by atoms with E-state index in [2.05, 4.69) is 16.0 Å². The first-order valence-corrected chi connectivity index (χ1v) is 5.33. The molecular weight excluding hydrogens is 230 g/mol. The Morgan fingerprint density at radius 3 is 3.00 bits per heavy atom. The van der Waals surface area contributed by atoms with Gasteiger partial charge in [-0.25, -0.2) is 4.98 Å². The monoisotopic (exact) mass is 241 g/mol. The number of nitrogens with one attached hydrogen (secondary N) is 1. The number of nitrogens with zero attached hydrogens (tertiary/aromatic N) is 2. The first-order chi connectivity index (χ1) is 8.76. The number of aldehydes is 1. The number of ether oxygens (including phenoxy) is 1. The fourth-order valence-corrected chi connectivity index (χ4v) is 1.66. The van der Waals surface area contributed by atoms with Gasteiger partial charge in [-0.05, 0) is 23.8 Å². The molecule has 5 nitrogen and oxygen atoms in total. The molecular formula is C13H11N3O2. The molecule has 1 heterocycles. The summed E-state index contributed by atoms with van der Waals surface area (Å²) in [7, 11) is 1.57. The lowest BCUT2D eigenvalue weighted by Crippen LogP contribution is -1.96. The van der Waals surface area contributed by atoms with Crippen LogP contribution < -0.4 is 4.74 Å². The van der Waals surface area contributed by atoms with E-state index in [9.17, 15) is 4.79 Å². The minimum atomic E-state index is 0.423. The lowest BCUT2D eigenvalue weighted by Gasteiger charge is -2.05. The quantitative estimate of drug-likeness (QED) is 0.826. The van der Waals surface area contributed by atoms with E-state index in [1.54, 1.807) is 25.3 Å². The molecule has 1 aromatic carbocycles. The van der Waals surface area contributed by atoms with E-state index in [-0.39, 0.29) is 0 Å². The smallest absolute Gasteiger partial charge is 0.167 e. The molecule has 0 radical (unpaired) electrons. The highest BCUT2D eigenvalue weighted by Crippen LogP contribution is 2.19. The Labute approximate surface area is 104 Å². The number of hydrogen-bond donors (Lipinski definition) is 1. The molecule has 90 valence electrons. The summed E-state index contributed by atoms with van der Waals surface area (Å²) < 4.78 is 5.12. The number of benzene rings is 1. The van der Waals surface area contributed by atoms with E-state index in [4.69, 9.17) is 10.00 Å². The standard InChI is InChI=1S/C13H11N3O2/c1-18-12-3-2-9(6-14)10(4-12)5-13-15-7-11(8-17)16-13/h2-4,7-8H,5H2,1H3,(H,15,16). The van der Waals surface area contributed by atoms with E-state index in [1.165, 1.54) is 6.20 Å². The van der Waals surface area contributed by atoms with Crippen molar-refractivity contribution in [3.63, 3.8) is 0 Å². The number of aromatic amines is 1. The van der Waals surface area contributed by atoms with Gasteiger partial charge in [-0.15, -0.1) is 0 Å². The second kappa shape index (κ2) is 5.15. The van der Waals surface area contributed by atoms with Crippen LogP contribution in [-0.2, 0) is 6.42 Å². The van der Waals surface area contributed by atoms with Gasteiger partial charge in [0.2, 0.25) is 0 Å². The van der Waals surface area contributed by atoms with E-state index in [0.29, 0.717) is 35.5 Å². The molecule has 1 aromatic heterocycles. The molecule has 0 aliphatic carbocycles. The lowest BCUT2D eigenvalue weighted by molar-refractivity contribution is 0.111. The van der Waals surface area contributed by atoms with Crippen molar-refractivity contribution in [3.05, 3.63) is 47.0 Å². The second-order valence-electron chi connectivity index (χ2n) is 3.71. The average Bonchev–Trinajstić information content (AvgIpc) is 2.86. The largest absolute Gasteiger partial charge is 0.497 e. The lowest BCUT2D eigenvalue weighted by atomic mass is 10.0. The summed E-state index contributed by atoms with van der Waals surface area (Å²) in [5.41, 5.74) is 1.80. The minimum Gasteiger partial charge on any atom is -0.497 e. The molecule has 0 saturated carbocycles. The number of imidazole rings is 1. The number of aromatic nitrogens is 2. The molecule has 2 rings (SSSR count). The van der Waals surface area contributed by atoms with Crippen LogP contribution in [0.25, 0.3) is 0 Å². The van der Waals surface area contributed by atoms with Gasteiger partial charge in [0.05, 0.1) is 30.6 Å². The summed E-state index contributed by atoms with van der Waals surface area (Å²) >= 11 is 0. The first kappa shape index (κ1) is 11.9. The van der Waals surface area contributed by atoms with Gasteiger partial charge >= 0.3 is 0 Å². The van der Waals surface area contributed by atoms with Crippen LogP contribution in [0.5, 0.6) is 5.75 Å². The van der Waals surface area contributed by atoms with E-state index >= 15 is 0 Å². The Hall–Kier alpha value is -2.61. The Bertz CT molecular complexity index is 611. The predicted molar refractivity (Wildman–Crippen MR) is 64.5 cm³/mol. The van der Waals surface area contributed by atoms with E-state index in [0.717, 1.165) is 5.56 Å². The van der Waals surface area contributed by atoms with Gasteiger partial charge in [-0.3, -0.25) is 4.79 Å². The predicted octanol–water partition coefficient (Wildman–Crippen LogP) is 1.69. The number of carbonyl (C=O) groups is 1. The molecule has 0 amide bonds. The van der Waals surface area contributed by atoms with Crippen LogP contribution >= 0.6 is 0 Å². The normalized spacial score (nSPS) is 9.78. The minimum absolute atomic E-state index is 0.423. The van der Waals surface area contributed by atoms with E-state index in [1.807, 2.05) is 0 Å². The Morgan fingerprint density at radius 1 is 1.56 bits per heavy atom. The summed E-state index contributed by atoms with van der Waals surface area (Å²) in [4.78, 5) is 17.5. The molecule has 5 heteroatoms. The topological polar surface area (TPSA) is 78.8 Å². The number of nitriles is 1. The third-order valence-corrected chi connectivity index (χ3v) is 2.57. The van der Waals surface area contributed by atoms with Crippen molar-refractivity contribution in [1.29, 1.82) is 5.26 Å². The average molecular weight is 241 g/mol. The van der Waals surface area contributed by atoms with Crippen LogP contribution in [0.4, 0.5) is 0 Å². The SMILES string of the molecule is COc1ccc(C#N)c(Cc2ncc(C=O)[nH]2)c1. The van der Waals surface area contributed by atoms with Crippen molar-refractivity contribution in [1.82, 2.24) is 9.97 Å². The zero-order valence-corrected chi connectivity index (χ0v) is 9.80. The Kier molecular flexibility index (Phi) is 3.39. The fraction of sp³-hybridized carbons (Fsp3) is 0.154. The molecule has 0 spiro atoms. The molecule has 2 aromatic rings. The van der Waals surface area contributed by atoms with Crippen molar-refractivity contribution >= 4 is 6.29 Å². The second-order valence-corrected chi connectivity index (χ2v) is 3.71. The third-order valence-electron chi connectivity index (χ3n) is 2.57. The highest BCUT2D eigenvalue weighted by atomic mass is 16.5. The van der Waals surface area contributed by atoms with Gasteiger partial charge in [0.15, 0.2) is 6.29 Å². The molecule has 0 aliphatic heterocycles. The van der Waals surface area contributed by atoms with Crippen molar-refractivity contribution in [2.75, 3.05) is 7.11 Å². The molecule has 0 fully saturated rings. The summed E-state index contributed by atoms with van der Waals surface area (Å²) in [6, 6.07) is 7.36. The molecule has 1 N–H and O–H groups in total. The van der Waals surface area contributed by atoms with E-state index < -0.39 is 0 Å². The summed E-state index contributed by atoms with van der Waals surface area (Å²) in [5.74, 6) is 1.33. The van der Waals surface area contributed by atoms with Crippen LogP contribution in [0.15, 0.2) is 24.4 Å². The third kappa shape index (κ3) is 2.38. The van der Waals surface area contributed by atoms with Crippen LogP contribution in [0.2, 0.25) is 0 Å². The number of hydrogen-bond acceptors (Lipinski definition) is 4. The van der Waals surface area contributed by atoms with Crippen molar-refractivity contribution in [2.45, 2.75) is 6.42 Å². The Balaban J connectivity index is 2.32. The number of carbonyl (C=O) groups excluding carboxylic acids is 1. The summed E-state index contributed by atoms with van der Waals surface area (Å²) in [6.07, 6.45) is 2.62. The number of methoxy groups -OCH3 is 1. The molecule has 0 unspecified atom stereocenters. The summed E-state index contributed by atoms with van der Waals surface area (Å²) in [5, 5.41) is 9.03. The molecule has 0 bridgehead atoms. The van der Waals surface area contributed by atoms with Gasteiger partial charge < -0.3 is 9.72 Å². The van der Waals surface area contributed by atoms with Gasteiger partial charge in [-0.1, -0.05) is 0 Å². The van der Waals surface area contributed by atoms with Gasteiger partial charge in [0, 0.05) is 6.42 Å². The highest BCUT2D eigenvalue weighted by Gasteiger charge is 2.07. The van der Waals surface area contributed by atoms with Gasteiger partial charge in [0.25, 0.3) is 0 Å². The number of rotatable bonds is 4. The fourth-order valence-electron chi connectivity index (χ4n) is 1.66. The Morgan fingerprint density at radius 2 is 2.39 bits per heavy atom. The highest BCUT2D eigenvalue weighted by molar-refractivity contribution is 5.71. The van der Waals surface area contributed by atoms with Crippen LogP contribution in [0.3, 0.4) is 0 Å². The van der Waals surface area contributed by atoms with Crippen molar-refractivity contribution < 1.29 is 9.53 Å². The van der Waals surface area contributed by atoms with Crippen LogP contribution in [-0.4, -0.2) is 23.4 Å². The molecule has 0 aliphatic rings. The van der Waals surface area contributed by atoms with Gasteiger partial charge in [-0.2, -0.15) is 5.26 Å². The van der Waals surface area contributed by atoms with Crippen molar-refractivity contribution in [3.8, 4) is 11.8 Å². The summed E-state index contributed by atoms with van der Waals surface area (Å²) in [6.45, 7) is 0. The van der Waals surface area contributed by atoms with Crippen molar-refractivity contribution in [2.24, 2.45) is 0 Å². The van der Waals surface area contributed by atoms with Crippen LogP contribution in [0.1, 0.15) is 27.4 Å². The zero-order valence-electron chi connectivity index (χ0n) is 9.80. The van der Waals surface area contributed by atoms with Crippen LogP contribution in [0, 0.1) is 11.3 Å². The van der Waals surface area contributed by atoms with Gasteiger partial charge in [0.1, 0.15) is 11.6 Å². The molecule has 0 atom stereocenters.